The number of hydrogen-bond acceptors (Lipinski definition) is 2. The third-order valence-electron chi connectivity index (χ3n) is 3.89. The van der Waals surface area contributed by atoms with Crippen LogP contribution in [0.3, 0.4) is 0 Å². The van der Waals surface area contributed by atoms with Crippen LogP contribution in [0.25, 0.3) is 0 Å². The predicted octanol–water partition coefficient (Wildman–Crippen LogP) is 3.83. The molecule has 1 aromatic rings. The first-order chi connectivity index (χ1) is 9.47. The second-order valence-corrected chi connectivity index (χ2v) is 7.70. The first-order valence-electron chi connectivity index (χ1n) is 7.63. The Balaban J connectivity index is 2.85. The molecule has 1 aromatic carbocycles. The van der Waals surface area contributed by atoms with Crippen molar-refractivity contribution in [1.82, 2.24) is 5.32 Å². The normalized spacial score (nSPS) is 16.1. The molecule has 0 saturated heterocycles. The minimum Gasteiger partial charge on any atom is -0.309 e. The van der Waals surface area contributed by atoms with Crippen LogP contribution < -0.4 is 5.32 Å². The van der Waals surface area contributed by atoms with Gasteiger partial charge >= 0.3 is 0 Å². The first-order valence-corrected chi connectivity index (χ1v) is 9.01. The minimum atomic E-state index is -0.800. The highest BCUT2D eigenvalue weighted by Crippen LogP contribution is 2.21. The van der Waals surface area contributed by atoms with Gasteiger partial charge in [-0.3, -0.25) is 4.21 Å². The molecule has 0 heterocycles. The Morgan fingerprint density at radius 2 is 1.85 bits per heavy atom. The second kappa shape index (κ2) is 8.58. The Kier molecular flexibility index (Phi) is 7.46. The molecule has 3 atom stereocenters. The molecule has 0 bridgehead atoms. The van der Waals surface area contributed by atoms with Gasteiger partial charge in [0.15, 0.2) is 0 Å². The molecule has 3 heteroatoms. The van der Waals surface area contributed by atoms with E-state index in [0.29, 0.717) is 11.7 Å². The summed E-state index contributed by atoms with van der Waals surface area (Å²) in [4.78, 5) is 0. The van der Waals surface area contributed by atoms with Crippen LogP contribution in [0.2, 0.25) is 0 Å². The standard InChI is InChI=1S/C17H29NOS/c1-6-11-18-17(12-20(19)15(5)13(2)3)16-10-8-7-9-14(16)4/h7-10,13,15,17-18H,6,11-12H2,1-5H3. The molecular formula is C17H29NOS. The lowest BCUT2D eigenvalue weighted by atomic mass is 10.0. The van der Waals surface area contributed by atoms with Crippen LogP contribution in [-0.2, 0) is 10.8 Å². The molecular weight excluding hydrogens is 266 g/mol. The van der Waals surface area contributed by atoms with Crippen LogP contribution in [-0.4, -0.2) is 21.8 Å². The Bertz CT molecular complexity index is 431. The van der Waals surface area contributed by atoms with Crippen molar-refractivity contribution in [1.29, 1.82) is 0 Å². The quantitative estimate of drug-likeness (QED) is 0.790. The van der Waals surface area contributed by atoms with Crippen molar-refractivity contribution in [2.24, 2.45) is 5.92 Å². The van der Waals surface area contributed by atoms with E-state index >= 15 is 0 Å². The third kappa shape index (κ3) is 5.02. The average Bonchev–Trinajstić information content (AvgIpc) is 2.43. The van der Waals surface area contributed by atoms with Gasteiger partial charge in [0.2, 0.25) is 0 Å². The van der Waals surface area contributed by atoms with Crippen LogP contribution >= 0.6 is 0 Å². The summed E-state index contributed by atoms with van der Waals surface area (Å²) in [6.45, 7) is 11.6. The second-order valence-electron chi connectivity index (χ2n) is 5.86. The summed E-state index contributed by atoms with van der Waals surface area (Å²) < 4.78 is 12.5. The van der Waals surface area contributed by atoms with E-state index in [9.17, 15) is 4.21 Å². The molecule has 0 saturated carbocycles. The largest absolute Gasteiger partial charge is 0.309 e. The molecule has 1 N–H and O–H groups in total. The summed E-state index contributed by atoms with van der Waals surface area (Å²) in [7, 11) is -0.800. The topological polar surface area (TPSA) is 29.1 Å². The van der Waals surface area contributed by atoms with E-state index < -0.39 is 10.8 Å². The van der Waals surface area contributed by atoms with E-state index in [2.05, 4.69) is 64.2 Å². The van der Waals surface area contributed by atoms with E-state index in [4.69, 9.17) is 0 Å². The molecule has 0 aliphatic heterocycles. The number of nitrogens with one attached hydrogen (secondary N) is 1. The van der Waals surface area contributed by atoms with Crippen molar-refractivity contribution in [2.45, 2.75) is 52.3 Å². The molecule has 0 aromatic heterocycles. The van der Waals surface area contributed by atoms with E-state index in [-0.39, 0.29) is 11.3 Å². The summed E-state index contributed by atoms with van der Waals surface area (Å²) in [5.74, 6) is 1.16. The summed E-state index contributed by atoms with van der Waals surface area (Å²) in [6, 6.07) is 8.60. The van der Waals surface area contributed by atoms with Crippen LogP contribution in [0.4, 0.5) is 0 Å². The maximum atomic E-state index is 12.5. The summed E-state index contributed by atoms with van der Waals surface area (Å²) >= 11 is 0. The summed E-state index contributed by atoms with van der Waals surface area (Å²) in [5.41, 5.74) is 2.56. The number of aryl methyl sites for hydroxylation is 1. The molecule has 3 unspecified atom stereocenters. The van der Waals surface area contributed by atoms with Crippen molar-refractivity contribution in [3.05, 3.63) is 35.4 Å². The molecule has 20 heavy (non-hydrogen) atoms. The zero-order valence-corrected chi connectivity index (χ0v) is 14.3. The first kappa shape index (κ1) is 17.4. The van der Waals surface area contributed by atoms with E-state index in [0.717, 1.165) is 13.0 Å². The number of benzene rings is 1. The van der Waals surface area contributed by atoms with Gasteiger partial charge in [0, 0.05) is 27.8 Å². The van der Waals surface area contributed by atoms with Crippen LogP contribution in [0.15, 0.2) is 24.3 Å². The lowest BCUT2D eigenvalue weighted by molar-refractivity contribution is 0.556. The van der Waals surface area contributed by atoms with E-state index in [1.165, 1.54) is 11.1 Å². The maximum absolute atomic E-state index is 12.5. The van der Waals surface area contributed by atoms with Gasteiger partial charge in [0.1, 0.15) is 0 Å². The van der Waals surface area contributed by atoms with Crippen molar-refractivity contribution >= 4 is 10.8 Å². The van der Waals surface area contributed by atoms with E-state index in [1.807, 2.05) is 0 Å². The molecule has 1 rings (SSSR count). The van der Waals surface area contributed by atoms with Gasteiger partial charge in [-0.05, 0) is 36.9 Å². The highest BCUT2D eigenvalue weighted by molar-refractivity contribution is 7.85. The van der Waals surface area contributed by atoms with Crippen molar-refractivity contribution in [2.75, 3.05) is 12.3 Å². The Labute approximate surface area is 126 Å². The Hall–Kier alpha value is -0.670. The van der Waals surface area contributed by atoms with Gasteiger partial charge in [0.25, 0.3) is 0 Å². The van der Waals surface area contributed by atoms with Crippen LogP contribution in [0, 0.1) is 12.8 Å². The monoisotopic (exact) mass is 295 g/mol. The fourth-order valence-corrected chi connectivity index (χ4v) is 3.71. The van der Waals surface area contributed by atoms with Crippen molar-refractivity contribution < 1.29 is 4.21 Å². The fraction of sp³-hybridized carbons (Fsp3) is 0.647. The number of rotatable bonds is 8. The SMILES string of the molecule is CCCNC(CS(=O)C(C)C(C)C)c1ccccc1C. The zero-order chi connectivity index (χ0) is 15.1. The molecule has 0 radical (unpaired) electrons. The van der Waals surface area contributed by atoms with Crippen molar-refractivity contribution in [3.8, 4) is 0 Å². The highest BCUT2D eigenvalue weighted by Gasteiger charge is 2.21. The Morgan fingerprint density at radius 3 is 2.40 bits per heavy atom. The van der Waals surface area contributed by atoms with Crippen LogP contribution in [0.5, 0.6) is 0 Å². The Morgan fingerprint density at radius 1 is 1.20 bits per heavy atom. The summed E-state index contributed by atoms with van der Waals surface area (Å²) in [5, 5.41) is 3.80. The molecule has 2 nitrogen and oxygen atoms in total. The molecule has 0 amide bonds. The maximum Gasteiger partial charge on any atom is 0.0439 e. The molecule has 0 fully saturated rings. The van der Waals surface area contributed by atoms with Gasteiger partial charge in [-0.25, -0.2) is 0 Å². The zero-order valence-electron chi connectivity index (χ0n) is 13.5. The third-order valence-corrected chi connectivity index (χ3v) is 5.92. The van der Waals surface area contributed by atoms with E-state index in [1.54, 1.807) is 0 Å². The van der Waals surface area contributed by atoms with Crippen molar-refractivity contribution in [3.63, 3.8) is 0 Å². The molecule has 0 aliphatic carbocycles. The van der Waals surface area contributed by atoms with Gasteiger partial charge in [-0.15, -0.1) is 0 Å². The smallest absolute Gasteiger partial charge is 0.0439 e. The molecule has 114 valence electrons. The van der Waals surface area contributed by atoms with Gasteiger partial charge in [0.05, 0.1) is 0 Å². The van der Waals surface area contributed by atoms with Gasteiger partial charge < -0.3 is 5.32 Å². The average molecular weight is 295 g/mol. The summed E-state index contributed by atoms with van der Waals surface area (Å²) in [6.07, 6.45) is 1.09. The lowest BCUT2D eigenvalue weighted by Crippen LogP contribution is -2.31. The van der Waals surface area contributed by atoms with Gasteiger partial charge in [-0.2, -0.15) is 0 Å². The fourth-order valence-electron chi connectivity index (χ4n) is 2.17. The number of hydrogen-bond donors (Lipinski definition) is 1. The molecule has 0 aliphatic rings. The predicted molar refractivity (Wildman–Crippen MR) is 89.5 cm³/mol. The highest BCUT2D eigenvalue weighted by atomic mass is 32.2. The molecule has 0 spiro atoms. The lowest BCUT2D eigenvalue weighted by Gasteiger charge is -2.23. The van der Waals surface area contributed by atoms with Crippen LogP contribution in [0.1, 0.15) is 51.3 Å². The van der Waals surface area contributed by atoms with Gasteiger partial charge in [-0.1, -0.05) is 52.0 Å². The minimum absolute atomic E-state index is 0.193.